The third kappa shape index (κ3) is 2.72. The molecule has 0 fully saturated rings. The lowest BCUT2D eigenvalue weighted by atomic mass is 10.3. The van der Waals surface area contributed by atoms with E-state index in [0.717, 1.165) is 12.3 Å². The zero-order chi connectivity index (χ0) is 13.1. The Balaban J connectivity index is 2.25. The molecule has 0 unspecified atom stereocenters. The molecule has 0 bridgehead atoms. The SMILES string of the molecule is O=C(O)c1cncc(Oc2ccc(F)c(Cl)c2)n1. The van der Waals surface area contributed by atoms with E-state index in [0.29, 0.717) is 0 Å². The van der Waals surface area contributed by atoms with Crippen LogP contribution >= 0.6 is 11.6 Å². The summed E-state index contributed by atoms with van der Waals surface area (Å²) in [6.45, 7) is 0. The highest BCUT2D eigenvalue weighted by molar-refractivity contribution is 6.30. The van der Waals surface area contributed by atoms with Gasteiger partial charge in [-0.3, -0.25) is 4.98 Å². The highest BCUT2D eigenvalue weighted by Crippen LogP contribution is 2.24. The molecule has 7 heteroatoms. The van der Waals surface area contributed by atoms with Crippen LogP contribution in [-0.4, -0.2) is 21.0 Å². The lowest BCUT2D eigenvalue weighted by Crippen LogP contribution is -2.02. The van der Waals surface area contributed by atoms with Gasteiger partial charge in [0.2, 0.25) is 5.88 Å². The summed E-state index contributed by atoms with van der Waals surface area (Å²) in [4.78, 5) is 18.0. The number of aromatic nitrogens is 2. The van der Waals surface area contributed by atoms with Crippen molar-refractivity contribution in [2.75, 3.05) is 0 Å². The van der Waals surface area contributed by atoms with E-state index in [4.69, 9.17) is 21.4 Å². The van der Waals surface area contributed by atoms with Crippen LogP contribution in [0.2, 0.25) is 5.02 Å². The van der Waals surface area contributed by atoms with E-state index >= 15 is 0 Å². The Morgan fingerprint density at radius 2 is 2.17 bits per heavy atom. The van der Waals surface area contributed by atoms with Crippen LogP contribution in [0.15, 0.2) is 30.6 Å². The van der Waals surface area contributed by atoms with Crippen LogP contribution in [0.25, 0.3) is 0 Å². The Morgan fingerprint density at radius 1 is 1.39 bits per heavy atom. The van der Waals surface area contributed by atoms with Crippen LogP contribution in [-0.2, 0) is 0 Å². The smallest absolute Gasteiger partial charge is 0.356 e. The number of carboxylic acid groups (broad SMARTS) is 1. The highest BCUT2D eigenvalue weighted by Gasteiger charge is 2.08. The van der Waals surface area contributed by atoms with Crippen LogP contribution in [0.5, 0.6) is 11.6 Å². The van der Waals surface area contributed by atoms with Crippen LogP contribution in [0.1, 0.15) is 10.5 Å². The number of hydrogen-bond donors (Lipinski definition) is 1. The van der Waals surface area contributed by atoms with Gasteiger partial charge in [0.25, 0.3) is 0 Å². The van der Waals surface area contributed by atoms with Gasteiger partial charge in [0.15, 0.2) is 5.69 Å². The van der Waals surface area contributed by atoms with Gasteiger partial charge >= 0.3 is 5.97 Å². The summed E-state index contributed by atoms with van der Waals surface area (Å²) in [5.41, 5.74) is -0.249. The molecular weight excluding hydrogens is 263 g/mol. The average Bonchev–Trinajstić information content (AvgIpc) is 2.34. The first-order valence-corrected chi connectivity index (χ1v) is 5.12. The predicted molar refractivity (Wildman–Crippen MR) is 60.5 cm³/mol. The topological polar surface area (TPSA) is 72.3 Å². The molecule has 1 N–H and O–H groups in total. The Labute approximate surface area is 106 Å². The van der Waals surface area contributed by atoms with E-state index in [9.17, 15) is 9.18 Å². The van der Waals surface area contributed by atoms with Crippen molar-refractivity contribution in [3.05, 3.63) is 47.1 Å². The summed E-state index contributed by atoms with van der Waals surface area (Å²) >= 11 is 5.58. The van der Waals surface area contributed by atoms with Crippen molar-refractivity contribution in [3.8, 4) is 11.6 Å². The molecule has 0 aliphatic rings. The van der Waals surface area contributed by atoms with Crippen molar-refractivity contribution in [1.29, 1.82) is 0 Å². The summed E-state index contributed by atoms with van der Waals surface area (Å²) in [7, 11) is 0. The fourth-order valence-corrected chi connectivity index (χ4v) is 1.33. The number of hydrogen-bond acceptors (Lipinski definition) is 4. The highest BCUT2D eigenvalue weighted by atomic mass is 35.5. The van der Waals surface area contributed by atoms with Gasteiger partial charge in [-0.1, -0.05) is 11.6 Å². The van der Waals surface area contributed by atoms with E-state index in [1.54, 1.807) is 0 Å². The van der Waals surface area contributed by atoms with Crippen LogP contribution < -0.4 is 4.74 Å². The number of carbonyl (C=O) groups is 1. The van der Waals surface area contributed by atoms with Crippen LogP contribution in [0, 0.1) is 5.82 Å². The summed E-state index contributed by atoms with van der Waals surface area (Å²) in [6, 6.07) is 3.73. The zero-order valence-electron chi connectivity index (χ0n) is 8.80. The number of aromatic carboxylic acids is 1. The number of rotatable bonds is 3. The maximum absolute atomic E-state index is 12.9. The lowest BCUT2D eigenvalue weighted by molar-refractivity contribution is 0.0689. The summed E-state index contributed by atoms with van der Waals surface area (Å²) in [6.07, 6.45) is 2.33. The second kappa shape index (κ2) is 4.97. The van der Waals surface area contributed by atoms with Crippen molar-refractivity contribution in [3.63, 3.8) is 0 Å². The van der Waals surface area contributed by atoms with Crippen LogP contribution in [0.4, 0.5) is 4.39 Å². The molecule has 1 aromatic carbocycles. The molecule has 5 nitrogen and oxygen atoms in total. The Kier molecular flexibility index (Phi) is 3.38. The Bertz CT molecular complexity index is 607. The molecule has 2 aromatic rings. The monoisotopic (exact) mass is 268 g/mol. The fourth-order valence-electron chi connectivity index (χ4n) is 1.16. The maximum atomic E-state index is 12.9. The summed E-state index contributed by atoms with van der Waals surface area (Å²) in [5.74, 6) is -1.57. The number of nitrogens with zero attached hydrogens (tertiary/aromatic N) is 2. The molecule has 18 heavy (non-hydrogen) atoms. The van der Waals surface area contributed by atoms with Gasteiger partial charge in [-0.05, 0) is 12.1 Å². The number of ether oxygens (including phenoxy) is 1. The van der Waals surface area contributed by atoms with Gasteiger partial charge in [-0.2, -0.15) is 0 Å². The standard InChI is InChI=1S/C11H6ClFN2O3/c12-7-3-6(1-2-8(7)13)18-10-5-14-4-9(15-10)11(16)17/h1-5H,(H,16,17). The molecule has 0 saturated heterocycles. The first kappa shape index (κ1) is 12.3. The van der Waals surface area contributed by atoms with E-state index in [1.165, 1.54) is 18.3 Å². The maximum Gasteiger partial charge on any atom is 0.356 e. The molecule has 2 rings (SSSR count). The molecule has 0 amide bonds. The quantitative estimate of drug-likeness (QED) is 0.927. The van der Waals surface area contributed by atoms with Gasteiger partial charge in [0.05, 0.1) is 17.4 Å². The fraction of sp³-hybridized carbons (Fsp3) is 0. The van der Waals surface area contributed by atoms with E-state index < -0.39 is 11.8 Å². The Morgan fingerprint density at radius 3 is 2.83 bits per heavy atom. The number of carboxylic acids is 1. The molecular formula is C11H6ClFN2O3. The largest absolute Gasteiger partial charge is 0.476 e. The van der Waals surface area contributed by atoms with Crippen molar-refractivity contribution >= 4 is 17.6 Å². The molecule has 0 spiro atoms. The van der Waals surface area contributed by atoms with Gasteiger partial charge in [-0.25, -0.2) is 14.2 Å². The molecule has 0 atom stereocenters. The van der Waals surface area contributed by atoms with Gasteiger partial charge < -0.3 is 9.84 Å². The summed E-state index contributed by atoms with van der Waals surface area (Å²) < 4.78 is 18.1. The van der Waals surface area contributed by atoms with E-state index in [1.807, 2.05) is 0 Å². The van der Waals surface area contributed by atoms with Crippen molar-refractivity contribution in [1.82, 2.24) is 9.97 Å². The van der Waals surface area contributed by atoms with E-state index in [-0.39, 0.29) is 22.3 Å². The van der Waals surface area contributed by atoms with Gasteiger partial charge in [0, 0.05) is 6.07 Å². The predicted octanol–water partition coefficient (Wildman–Crippen LogP) is 2.76. The normalized spacial score (nSPS) is 10.1. The molecule has 92 valence electrons. The molecule has 1 heterocycles. The van der Waals surface area contributed by atoms with Crippen molar-refractivity contribution < 1.29 is 19.0 Å². The minimum atomic E-state index is -1.22. The molecule has 1 aromatic heterocycles. The number of halogens is 2. The number of benzene rings is 1. The third-order valence-electron chi connectivity index (χ3n) is 1.95. The van der Waals surface area contributed by atoms with Crippen LogP contribution in [0.3, 0.4) is 0 Å². The zero-order valence-corrected chi connectivity index (χ0v) is 9.56. The molecule has 0 aliphatic heterocycles. The van der Waals surface area contributed by atoms with Gasteiger partial charge in [-0.15, -0.1) is 0 Å². The minimum Gasteiger partial charge on any atom is -0.476 e. The van der Waals surface area contributed by atoms with Gasteiger partial charge in [0.1, 0.15) is 11.6 Å². The summed E-state index contributed by atoms with van der Waals surface area (Å²) in [5, 5.41) is 8.63. The van der Waals surface area contributed by atoms with Crippen molar-refractivity contribution in [2.24, 2.45) is 0 Å². The molecule has 0 saturated carbocycles. The second-order valence-electron chi connectivity index (χ2n) is 3.23. The van der Waals surface area contributed by atoms with Crippen molar-refractivity contribution in [2.45, 2.75) is 0 Å². The third-order valence-corrected chi connectivity index (χ3v) is 2.23. The Hall–Kier alpha value is -2.21. The first-order valence-electron chi connectivity index (χ1n) is 4.74. The average molecular weight is 269 g/mol. The second-order valence-corrected chi connectivity index (χ2v) is 3.63. The molecule has 0 radical (unpaired) electrons. The first-order chi connectivity index (χ1) is 8.56. The van der Waals surface area contributed by atoms with E-state index in [2.05, 4.69) is 9.97 Å². The minimum absolute atomic E-state index is 0.0161. The lowest BCUT2D eigenvalue weighted by Gasteiger charge is -2.05. The molecule has 0 aliphatic carbocycles.